The van der Waals surface area contributed by atoms with Gasteiger partial charge in [0, 0.05) is 5.56 Å². The van der Waals surface area contributed by atoms with Crippen LogP contribution in [-0.2, 0) is 0 Å². The summed E-state index contributed by atoms with van der Waals surface area (Å²) in [5.41, 5.74) is 4.40. The van der Waals surface area contributed by atoms with E-state index >= 15 is 0 Å². The summed E-state index contributed by atoms with van der Waals surface area (Å²) in [6.07, 6.45) is 3.88. The first-order chi connectivity index (χ1) is 9.11. The molecule has 2 aromatic rings. The van der Waals surface area contributed by atoms with Gasteiger partial charge in [-0.2, -0.15) is 0 Å². The molecule has 0 unspecified atom stereocenters. The molecule has 0 atom stereocenters. The largest absolute Gasteiger partial charge is 0.504 e. The predicted molar refractivity (Wildman–Crippen MR) is 79.5 cm³/mol. The third-order valence-corrected chi connectivity index (χ3v) is 3.24. The number of rotatable bonds is 3. The number of para-hydroxylation sites is 1. The lowest BCUT2D eigenvalue weighted by atomic mass is 10.0. The molecule has 0 heterocycles. The lowest BCUT2D eigenvalue weighted by Crippen LogP contribution is -1.85. The number of methoxy groups -OCH3 is 1. The van der Waals surface area contributed by atoms with Crippen LogP contribution in [0.15, 0.2) is 36.4 Å². The molecule has 0 bridgehead atoms. The SMILES string of the molecule is COc1cccc(C=Cc2ccc(C)c(C)c2)c1O. The standard InChI is InChI=1S/C17H18O2/c1-12-7-8-14(11-13(12)2)9-10-15-5-4-6-16(19-3)17(15)18/h4-11,18H,1-3H3. The Morgan fingerprint density at radius 3 is 2.47 bits per heavy atom. The summed E-state index contributed by atoms with van der Waals surface area (Å²) in [6.45, 7) is 4.19. The first-order valence-electron chi connectivity index (χ1n) is 6.23. The summed E-state index contributed by atoms with van der Waals surface area (Å²) in [7, 11) is 1.55. The number of phenols is 1. The van der Waals surface area contributed by atoms with Crippen LogP contribution in [0, 0.1) is 13.8 Å². The fourth-order valence-corrected chi connectivity index (χ4v) is 1.89. The van der Waals surface area contributed by atoms with Crippen LogP contribution in [0.4, 0.5) is 0 Å². The molecule has 0 radical (unpaired) electrons. The Labute approximate surface area is 114 Å². The molecular weight excluding hydrogens is 236 g/mol. The van der Waals surface area contributed by atoms with Gasteiger partial charge >= 0.3 is 0 Å². The number of hydrogen-bond donors (Lipinski definition) is 1. The topological polar surface area (TPSA) is 29.5 Å². The molecule has 0 amide bonds. The monoisotopic (exact) mass is 254 g/mol. The van der Waals surface area contributed by atoms with Gasteiger partial charge in [0.1, 0.15) is 0 Å². The number of phenolic OH excluding ortho intramolecular Hbond substituents is 1. The minimum atomic E-state index is 0.171. The van der Waals surface area contributed by atoms with Crippen LogP contribution in [-0.4, -0.2) is 12.2 Å². The summed E-state index contributed by atoms with van der Waals surface area (Å²) in [4.78, 5) is 0. The average Bonchev–Trinajstić information content (AvgIpc) is 2.41. The van der Waals surface area contributed by atoms with Crippen molar-refractivity contribution in [3.8, 4) is 11.5 Å². The first-order valence-corrected chi connectivity index (χ1v) is 6.23. The van der Waals surface area contributed by atoms with Crippen LogP contribution >= 0.6 is 0 Å². The maximum Gasteiger partial charge on any atom is 0.165 e. The molecule has 0 aliphatic carbocycles. The lowest BCUT2D eigenvalue weighted by molar-refractivity contribution is 0.373. The maximum atomic E-state index is 9.99. The van der Waals surface area contributed by atoms with Crippen molar-refractivity contribution in [2.24, 2.45) is 0 Å². The molecule has 0 aromatic heterocycles. The zero-order valence-electron chi connectivity index (χ0n) is 11.5. The van der Waals surface area contributed by atoms with E-state index in [0.29, 0.717) is 5.75 Å². The van der Waals surface area contributed by atoms with E-state index in [1.165, 1.54) is 11.1 Å². The van der Waals surface area contributed by atoms with Crippen LogP contribution in [0.2, 0.25) is 0 Å². The number of aromatic hydroxyl groups is 1. The smallest absolute Gasteiger partial charge is 0.165 e. The fourth-order valence-electron chi connectivity index (χ4n) is 1.89. The van der Waals surface area contributed by atoms with Gasteiger partial charge in [0.2, 0.25) is 0 Å². The zero-order valence-corrected chi connectivity index (χ0v) is 11.5. The van der Waals surface area contributed by atoms with Crippen molar-refractivity contribution in [2.75, 3.05) is 7.11 Å². The highest BCUT2D eigenvalue weighted by Gasteiger charge is 2.03. The van der Waals surface area contributed by atoms with Gasteiger partial charge in [0.05, 0.1) is 7.11 Å². The second-order valence-corrected chi connectivity index (χ2v) is 4.58. The Kier molecular flexibility index (Phi) is 3.91. The van der Waals surface area contributed by atoms with Crippen molar-refractivity contribution in [3.63, 3.8) is 0 Å². The van der Waals surface area contributed by atoms with Gasteiger partial charge in [-0.3, -0.25) is 0 Å². The molecule has 1 N–H and O–H groups in total. The second-order valence-electron chi connectivity index (χ2n) is 4.58. The molecular formula is C17H18O2. The van der Waals surface area contributed by atoms with Crippen LogP contribution in [0.3, 0.4) is 0 Å². The minimum Gasteiger partial charge on any atom is -0.504 e. The Hall–Kier alpha value is -2.22. The fraction of sp³-hybridized carbons (Fsp3) is 0.176. The number of benzene rings is 2. The molecule has 19 heavy (non-hydrogen) atoms. The normalized spacial score (nSPS) is 10.9. The maximum absolute atomic E-state index is 9.99. The van der Waals surface area contributed by atoms with E-state index in [4.69, 9.17) is 4.74 Å². The minimum absolute atomic E-state index is 0.171. The van der Waals surface area contributed by atoms with Gasteiger partial charge in [-0.15, -0.1) is 0 Å². The predicted octanol–water partition coefficient (Wildman–Crippen LogP) is 4.19. The van der Waals surface area contributed by atoms with Crippen molar-refractivity contribution in [3.05, 3.63) is 58.7 Å². The molecule has 2 heteroatoms. The van der Waals surface area contributed by atoms with Crippen molar-refractivity contribution in [2.45, 2.75) is 13.8 Å². The van der Waals surface area contributed by atoms with Gasteiger partial charge in [-0.25, -0.2) is 0 Å². The quantitative estimate of drug-likeness (QED) is 0.832. The van der Waals surface area contributed by atoms with Crippen LogP contribution in [0.1, 0.15) is 22.3 Å². The summed E-state index contributed by atoms with van der Waals surface area (Å²) in [5, 5.41) is 9.99. The van der Waals surface area contributed by atoms with Gasteiger partial charge < -0.3 is 9.84 Å². The highest BCUT2D eigenvalue weighted by atomic mass is 16.5. The number of aryl methyl sites for hydroxylation is 2. The summed E-state index contributed by atoms with van der Waals surface area (Å²) in [6, 6.07) is 11.7. The summed E-state index contributed by atoms with van der Waals surface area (Å²) >= 11 is 0. The Bertz CT molecular complexity index is 613. The highest BCUT2D eigenvalue weighted by Crippen LogP contribution is 2.30. The van der Waals surface area contributed by atoms with E-state index in [2.05, 4.69) is 32.0 Å². The molecule has 98 valence electrons. The molecule has 0 aliphatic heterocycles. The number of ether oxygens (including phenoxy) is 1. The Morgan fingerprint density at radius 1 is 1.00 bits per heavy atom. The molecule has 2 nitrogen and oxygen atoms in total. The van der Waals surface area contributed by atoms with Crippen LogP contribution in [0.5, 0.6) is 11.5 Å². The van der Waals surface area contributed by atoms with Crippen molar-refractivity contribution in [1.29, 1.82) is 0 Å². The van der Waals surface area contributed by atoms with E-state index < -0.39 is 0 Å². The molecule has 2 rings (SSSR count). The van der Waals surface area contributed by atoms with Gasteiger partial charge in [-0.1, -0.05) is 42.5 Å². The number of hydrogen-bond acceptors (Lipinski definition) is 2. The lowest BCUT2D eigenvalue weighted by Gasteiger charge is -2.05. The van der Waals surface area contributed by atoms with E-state index in [-0.39, 0.29) is 5.75 Å². The van der Waals surface area contributed by atoms with Crippen LogP contribution < -0.4 is 4.74 Å². The third-order valence-electron chi connectivity index (χ3n) is 3.24. The molecule has 0 spiro atoms. The van der Waals surface area contributed by atoms with E-state index in [1.807, 2.05) is 24.3 Å². The third kappa shape index (κ3) is 2.97. The van der Waals surface area contributed by atoms with Crippen LogP contribution in [0.25, 0.3) is 12.2 Å². The Morgan fingerprint density at radius 2 is 1.79 bits per heavy atom. The molecule has 0 fully saturated rings. The van der Waals surface area contributed by atoms with Gasteiger partial charge in [-0.05, 0) is 36.6 Å². The summed E-state index contributed by atoms with van der Waals surface area (Å²) < 4.78 is 5.09. The highest BCUT2D eigenvalue weighted by molar-refractivity contribution is 5.74. The van der Waals surface area contributed by atoms with Gasteiger partial charge in [0.25, 0.3) is 0 Å². The molecule has 2 aromatic carbocycles. The average molecular weight is 254 g/mol. The zero-order chi connectivity index (χ0) is 13.8. The second kappa shape index (κ2) is 5.61. The van der Waals surface area contributed by atoms with Crippen molar-refractivity contribution < 1.29 is 9.84 Å². The summed E-state index contributed by atoms with van der Waals surface area (Å²) in [5.74, 6) is 0.660. The van der Waals surface area contributed by atoms with E-state index in [0.717, 1.165) is 11.1 Å². The first kappa shape index (κ1) is 13.2. The molecule has 0 aliphatic rings. The van der Waals surface area contributed by atoms with E-state index in [9.17, 15) is 5.11 Å². The van der Waals surface area contributed by atoms with Crippen molar-refractivity contribution in [1.82, 2.24) is 0 Å². The van der Waals surface area contributed by atoms with Gasteiger partial charge in [0.15, 0.2) is 11.5 Å². The molecule has 0 saturated heterocycles. The Balaban J connectivity index is 2.30. The molecule has 0 saturated carbocycles. The van der Waals surface area contributed by atoms with E-state index in [1.54, 1.807) is 13.2 Å². The van der Waals surface area contributed by atoms with Crippen molar-refractivity contribution >= 4 is 12.2 Å².